The van der Waals surface area contributed by atoms with Crippen molar-refractivity contribution in [3.05, 3.63) is 71.4 Å². The van der Waals surface area contributed by atoms with E-state index in [2.05, 4.69) is 26.0 Å². The number of ether oxygens (including phenoxy) is 2. The van der Waals surface area contributed by atoms with Crippen LogP contribution >= 0.6 is 0 Å². The molecule has 4 aromatic rings. The molecule has 0 bridgehead atoms. The summed E-state index contributed by atoms with van der Waals surface area (Å²) in [5.41, 5.74) is 3.41. The number of rotatable bonds is 7. The number of amides is 1. The summed E-state index contributed by atoms with van der Waals surface area (Å²) >= 11 is 0. The number of hydrogen-bond donors (Lipinski definition) is 1. The van der Waals surface area contributed by atoms with Gasteiger partial charge in [-0.2, -0.15) is 0 Å². The van der Waals surface area contributed by atoms with Gasteiger partial charge in [-0.25, -0.2) is 4.68 Å². The molecule has 158 valence electrons. The van der Waals surface area contributed by atoms with Crippen molar-refractivity contribution in [2.24, 2.45) is 0 Å². The van der Waals surface area contributed by atoms with E-state index >= 15 is 0 Å². The van der Waals surface area contributed by atoms with Crippen LogP contribution in [0.4, 0.5) is 5.69 Å². The van der Waals surface area contributed by atoms with Gasteiger partial charge < -0.3 is 19.3 Å². The van der Waals surface area contributed by atoms with Gasteiger partial charge in [0.1, 0.15) is 18.7 Å². The molecular weight excluding hydrogens is 400 g/mol. The van der Waals surface area contributed by atoms with Crippen molar-refractivity contribution in [3.63, 3.8) is 0 Å². The number of nitrogens with zero attached hydrogens (tertiary/aromatic N) is 5. The maximum Gasteiger partial charge on any atom is 0.255 e. The minimum atomic E-state index is -0.288. The first-order chi connectivity index (χ1) is 15.0. The first kappa shape index (κ1) is 20.1. The summed E-state index contributed by atoms with van der Waals surface area (Å²) in [7, 11) is 1.52. The summed E-state index contributed by atoms with van der Waals surface area (Å²) < 4.78 is 17.9. The Bertz CT molecular complexity index is 1180. The summed E-state index contributed by atoms with van der Waals surface area (Å²) in [6, 6.07) is 12.2. The Hall–Kier alpha value is -4.21. The summed E-state index contributed by atoms with van der Waals surface area (Å²) in [5.74, 6) is 1.38. The fourth-order valence-electron chi connectivity index (χ4n) is 2.99. The van der Waals surface area contributed by atoms with Crippen LogP contribution in [-0.2, 0) is 6.61 Å². The van der Waals surface area contributed by atoms with Crippen molar-refractivity contribution >= 4 is 11.6 Å². The zero-order chi connectivity index (χ0) is 21.8. The third-order valence-corrected chi connectivity index (χ3v) is 4.70. The molecule has 0 aliphatic heterocycles. The van der Waals surface area contributed by atoms with Crippen LogP contribution in [0.25, 0.3) is 5.69 Å². The van der Waals surface area contributed by atoms with Crippen molar-refractivity contribution in [1.29, 1.82) is 0 Å². The molecule has 0 saturated carbocycles. The van der Waals surface area contributed by atoms with Gasteiger partial charge in [0.05, 0.1) is 24.1 Å². The topological polar surface area (TPSA) is 117 Å². The van der Waals surface area contributed by atoms with Crippen LogP contribution in [0.2, 0.25) is 0 Å². The molecule has 0 saturated heterocycles. The Morgan fingerprint density at radius 2 is 2.03 bits per heavy atom. The van der Waals surface area contributed by atoms with Gasteiger partial charge in [-0.15, -0.1) is 5.10 Å². The molecule has 2 aromatic carbocycles. The van der Waals surface area contributed by atoms with E-state index in [4.69, 9.17) is 14.0 Å². The summed E-state index contributed by atoms with van der Waals surface area (Å²) in [6.07, 6.45) is 1.48. The van der Waals surface area contributed by atoms with E-state index in [0.717, 1.165) is 16.9 Å². The largest absolute Gasteiger partial charge is 0.493 e. The number of carbonyl (C=O) groups is 1. The third kappa shape index (κ3) is 4.37. The number of nitrogens with one attached hydrogen (secondary N) is 1. The van der Waals surface area contributed by atoms with Gasteiger partial charge in [0, 0.05) is 11.3 Å². The number of hydrogen-bond acceptors (Lipinski definition) is 8. The molecule has 0 aliphatic rings. The van der Waals surface area contributed by atoms with E-state index in [1.807, 2.05) is 19.9 Å². The van der Waals surface area contributed by atoms with E-state index in [1.165, 1.54) is 18.1 Å². The normalized spacial score (nSPS) is 10.7. The quantitative estimate of drug-likeness (QED) is 0.485. The second-order valence-corrected chi connectivity index (χ2v) is 6.72. The van der Waals surface area contributed by atoms with Crippen LogP contribution in [0, 0.1) is 13.8 Å². The molecule has 0 atom stereocenters. The van der Waals surface area contributed by atoms with Crippen LogP contribution in [0.3, 0.4) is 0 Å². The van der Waals surface area contributed by atoms with Gasteiger partial charge in [-0.3, -0.25) is 4.79 Å². The molecule has 1 amide bonds. The average Bonchev–Trinajstić information content (AvgIpc) is 3.43. The van der Waals surface area contributed by atoms with Crippen molar-refractivity contribution < 1.29 is 18.8 Å². The molecule has 10 nitrogen and oxygen atoms in total. The fraction of sp³-hybridized carbons (Fsp3) is 0.190. The third-order valence-electron chi connectivity index (χ3n) is 4.70. The molecule has 0 aliphatic carbocycles. The number of benzene rings is 2. The Kier molecular flexibility index (Phi) is 5.61. The highest BCUT2D eigenvalue weighted by Gasteiger charge is 2.14. The lowest BCUT2D eigenvalue weighted by Crippen LogP contribution is -2.12. The molecule has 2 heterocycles. The zero-order valence-corrected chi connectivity index (χ0v) is 17.2. The van der Waals surface area contributed by atoms with Crippen molar-refractivity contribution in [1.82, 2.24) is 25.4 Å². The minimum Gasteiger partial charge on any atom is -0.493 e. The SMILES string of the molecule is COc1cc(C(=O)Nc2cccc(-n3cnnn3)c2)ccc1OCc1c(C)noc1C. The predicted molar refractivity (Wildman–Crippen MR) is 110 cm³/mol. The summed E-state index contributed by atoms with van der Waals surface area (Å²) in [6.45, 7) is 3.97. The molecule has 4 rings (SSSR count). The smallest absolute Gasteiger partial charge is 0.255 e. The van der Waals surface area contributed by atoms with Gasteiger partial charge in [-0.1, -0.05) is 11.2 Å². The van der Waals surface area contributed by atoms with Crippen LogP contribution in [0.1, 0.15) is 27.4 Å². The lowest BCUT2D eigenvalue weighted by molar-refractivity contribution is 0.102. The molecule has 10 heteroatoms. The van der Waals surface area contributed by atoms with E-state index in [1.54, 1.807) is 36.4 Å². The maximum absolute atomic E-state index is 12.8. The number of aryl methyl sites for hydroxylation is 2. The Labute approximate surface area is 177 Å². The Morgan fingerprint density at radius 3 is 2.74 bits per heavy atom. The fourth-order valence-corrected chi connectivity index (χ4v) is 2.99. The number of aromatic nitrogens is 5. The second-order valence-electron chi connectivity index (χ2n) is 6.72. The summed E-state index contributed by atoms with van der Waals surface area (Å²) in [4.78, 5) is 12.8. The van der Waals surface area contributed by atoms with E-state index in [-0.39, 0.29) is 12.5 Å². The van der Waals surface area contributed by atoms with Gasteiger partial charge in [0.25, 0.3) is 5.91 Å². The van der Waals surface area contributed by atoms with E-state index < -0.39 is 0 Å². The number of anilines is 1. The minimum absolute atomic E-state index is 0.285. The number of carbonyl (C=O) groups excluding carboxylic acids is 1. The van der Waals surface area contributed by atoms with Gasteiger partial charge in [0.15, 0.2) is 11.5 Å². The van der Waals surface area contributed by atoms with Crippen molar-refractivity contribution in [2.45, 2.75) is 20.5 Å². The molecule has 0 radical (unpaired) electrons. The number of methoxy groups -OCH3 is 1. The first-order valence-electron chi connectivity index (χ1n) is 9.42. The van der Waals surface area contributed by atoms with Crippen LogP contribution in [0.5, 0.6) is 11.5 Å². The molecule has 0 unspecified atom stereocenters. The number of tetrazole rings is 1. The van der Waals surface area contributed by atoms with E-state index in [0.29, 0.717) is 28.5 Å². The van der Waals surface area contributed by atoms with Crippen LogP contribution in [-0.4, -0.2) is 38.4 Å². The average molecular weight is 420 g/mol. The lowest BCUT2D eigenvalue weighted by atomic mass is 10.1. The van der Waals surface area contributed by atoms with E-state index in [9.17, 15) is 4.79 Å². The van der Waals surface area contributed by atoms with Gasteiger partial charge in [-0.05, 0) is 60.7 Å². The summed E-state index contributed by atoms with van der Waals surface area (Å²) in [5, 5.41) is 17.9. The zero-order valence-electron chi connectivity index (χ0n) is 17.2. The maximum atomic E-state index is 12.8. The molecule has 2 aromatic heterocycles. The molecule has 1 N–H and O–H groups in total. The first-order valence-corrected chi connectivity index (χ1v) is 9.42. The second kappa shape index (κ2) is 8.66. The monoisotopic (exact) mass is 420 g/mol. The van der Waals surface area contributed by atoms with Gasteiger partial charge >= 0.3 is 0 Å². The molecule has 31 heavy (non-hydrogen) atoms. The Morgan fingerprint density at radius 1 is 1.16 bits per heavy atom. The van der Waals surface area contributed by atoms with Crippen molar-refractivity contribution in [2.75, 3.05) is 12.4 Å². The standard InChI is InChI=1S/C21H20N6O4/c1-13-18(14(2)31-24-13)11-30-19-8-7-15(9-20(19)29-3)21(28)23-16-5-4-6-17(10-16)27-12-22-25-26-27/h4-10,12H,11H2,1-3H3,(H,23,28). The molecular formula is C21H20N6O4. The van der Waals surface area contributed by atoms with Crippen LogP contribution < -0.4 is 14.8 Å². The molecule has 0 spiro atoms. The Balaban J connectivity index is 1.48. The lowest BCUT2D eigenvalue weighted by Gasteiger charge is -2.12. The highest BCUT2D eigenvalue weighted by molar-refractivity contribution is 6.04. The van der Waals surface area contributed by atoms with Gasteiger partial charge in [0.2, 0.25) is 0 Å². The predicted octanol–water partition coefficient (Wildman–Crippen LogP) is 3.11. The highest BCUT2D eigenvalue weighted by Crippen LogP contribution is 2.30. The molecule has 0 fully saturated rings. The van der Waals surface area contributed by atoms with Crippen molar-refractivity contribution in [3.8, 4) is 17.2 Å². The highest BCUT2D eigenvalue weighted by atomic mass is 16.5. The van der Waals surface area contributed by atoms with Crippen LogP contribution in [0.15, 0.2) is 53.3 Å².